The fourth-order valence-electron chi connectivity index (χ4n) is 1.52. The van der Waals surface area contributed by atoms with Crippen LogP contribution in [0.25, 0.3) is 0 Å². The Morgan fingerprint density at radius 1 is 1.53 bits per heavy atom. The molecule has 5 nitrogen and oxygen atoms in total. The lowest BCUT2D eigenvalue weighted by Gasteiger charge is -2.16. The zero-order valence-electron chi connectivity index (χ0n) is 10.4. The zero-order chi connectivity index (χ0) is 14.4. The van der Waals surface area contributed by atoms with Crippen LogP contribution in [0.2, 0.25) is 0 Å². The van der Waals surface area contributed by atoms with Crippen molar-refractivity contribution in [2.75, 3.05) is 0 Å². The molecule has 1 aromatic carbocycles. The number of benzene rings is 1. The highest BCUT2D eigenvalue weighted by molar-refractivity contribution is 5.97. The van der Waals surface area contributed by atoms with Crippen molar-refractivity contribution in [1.82, 2.24) is 5.32 Å². The van der Waals surface area contributed by atoms with Gasteiger partial charge in [-0.2, -0.15) is 5.26 Å². The molecule has 3 N–H and O–H groups in total. The Hall–Kier alpha value is -2.42. The van der Waals surface area contributed by atoms with E-state index in [9.17, 15) is 14.0 Å². The number of carbonyl (C=O) groups is 2. The van der Waals surface area contributed by atoms with Crippen LogP contribution in [-0.4, -0.2) is 17.9 Å². The largest absolute Gasteiger partial charge is 0.368 e. The summed E-state index contributed by atoms with van der Waals surface area (Å²) in [5.74, 6) is -2.31. The summed E-state index contributed by atoms with van der Waals surface area (Å²) in [6.45, 7) is 1.62. The third-order valence-corrected chi connectivity index (χ3v) is 2.55. The van der Waals surface area contributed by atoms with Gasteiger partial charge < -0.3 is 11.1 Å². The molecule has 0 fully saturated rings. The molecule has 6 heteroatoms. The standard InChI is InChI=1S/C13H14FN3O2/c1-8(7-15)5-11(12(16)18)17-13(19)9-3-2-4-10(14)6-9/h2-4,6,8,11H,5H2,1H3,(H2,16,18)(H,17,19)/t8-,11+/m1/s1. The number of nitriles is 1. The number of nitrogens with two attached hydrogens (primary N) is 1. The van der Waals surface area contributed by atoms with E-state index in [0.29, 0.717) is 0 Å². The van der Waals surface area contributed by atoms with E-state index in [1.54, 1.807) is 6.92 Å². The maximum Gasteiger partial charge on any atom is 0.252 e. The van der Waals surface area contributed by atoms with E-state index < -0.39 is 29.6 Å². The number of rotatable bonds is 5. The fourth-order valence-corrected chi connectivity index (χ4v) is 1.52. The second-order valence-corrected chi connectivity index (χ2v) is 4.20. The topological polar surface area (TPSA) is 96.0 Å². The van der Waals surface area contributed by atoms with Gasteiger partial charge in [0, 0.05) is 11.5 Å². The normalized spacial score (nSPS) is 13.1. The molecule has 0 aromatic heterocycles. The number of primary amides is 1. The van der Waals surface area contributed by atoms with E-state index in [4.69, 9.17) is 11.0 Å². The number of halogens is 1. The fraction of sp³-hybridized carbons (Fsp3) is 0.308. The number of hydrogen-bond donors (Lipinski definition) is 2. The smallest absolute Gasteiger partial charge is 0.252 e. The molecule has 0 aliphatic heterocycles. The third kappa shape index (κ3) is 4.39. The molecule has 0 saturated heterocycles. The van der Waals surface area contributed by atoms with Crippen molar-refractivity contribution in [2.45, 2.75) is 19.4 Å². The van der Waals surface area contributed by atoms with Gasteiger partial charge in [0.25, 0.3) is 5.91 Å². The first-order valence-electron chi connectivity index (χ1n) is 5.69. The third-order valence-electron chi connectivity index (χ3n) is 2.55. The van der Waals surface area contributed by atoms with Gasteiger partial charge in [-0.3, -0.25) is 9.59 Å². The van der Waals surface area contributed by atoms with Gasteiger partial charge in [0.2, 0.25) is 5.91 Å². The molecular weight excluding hydrogens is 249 g/mol. The molecule has 0 bridgehead atoms. The molecule has 0 unspecified atom stereocenters. The predicted molar refractivity (Wildman–Crippen MR) is 66.2 cm³/mol. The van der Waals surface area contributed by atoms with Crippen molar-refractivity contribution >= 4 is 11.8 Å². The minimum atomic E-state index is -0.953. The summed E-state index contributed by atoms with van der Waals surface area (Å²) in [6.07, 6.45) is 0.118. The Balaban J connectivity index is 2.77. The SMILES string of the molecule is C[C@@H](C#N)C[C@H](NC(=O)c1cccc(F)c1)C(N)=O. The molecule has 0 aliphatic rings. The quantitative estimate of drug-likeness (QED) is 0.828. The predicted octanol–water partition coefficient (Wildman–Crippen LogP) is 0.959. The molecular formula is C13H14FN3O2. The Morgan fingerprint density at radius 2 is 2.21 bits per heavy atom. The van der Waals surface area contributed by atoms with Crippen LogP contribution in [-0.2, 0) is 4.79 Å². The van der Waals surface area contributed by atoms with Gasteiger partial charge in [-0.25, -0.2) is 4.39 Å². The first kappa shape index (κ1) is 14.6. The highest BCUT2D eigenvalue weighted by atomic mass is 19.1. The lowest BCUT2D eigenvalue weighted by molar-refractivity contribution is -0.120. The van der Waals surface area contributed by atoms with E-state index in [0.717, 1.165) is 6.07 Å². The average Bonchev–Trinajstić information content (AvgIpc) is 2.37. The van der Waals surface area contributed by atoms with Crippen molar-refractivity contribution in [3.8, 4) is 6.07 Å². The van der Waals surface area contributed by atoms with E-state index in [1.165, 1.54) is 18.2 Å². The second kappa shape index (κ2) is 6.50. The highest BCUT2D eigenvalue weighted by Gasteiger charge is 2.21. The van der Waals surface area contributed by atoms with Crippen LogP contribution in [0.3, 0.4) is 0 Å². The van der Waals surface area contributed by atoms with E-state index >= 15 is 0 Å². The molecule has 0 radical (unpaired) electrons. The summed E-state index contributed by atoms with van der Waals surface area (Å²) >= 11 is 0. The van der Waals surface area contributed by atoms with Crippen LogP contribution in [0, 0.1) is 23.1 Å². The minimum absolute atomic E-state index is 0.0934. The van der Waals surface area contributed by atoms with Crippen LogP contribution in [0.5, 0.6) is 0 Å². The van der Waals surface area contributed by atoms with Crippen molar-refractivity contribution < 1.29 is 14.0 Å². The number of amides is 2. The summed E-state index contributed by atoms with van der Waals surface area (Å²) < 4.78 is 13.0. The van der Waals surface area contributed by atoms with Gasteiger partial charge in [-0.15, -0.1) is 0 Å². The molecule has 19 heavy (non-hydrogen) atoms. The van der Waals surface area contributed by atoms with Gasteiger partial charge in [0.15, 0.2) is 0 Å². The summed E-state index contributed by atoms with van der Waals surface area (Å²) in [5.41, 5.74) is 5.25. The maximum absolute atomic E-state index is 13.0. The number of carbonyl (C=O) groups excluding carboxylic acids is 2. The van der Waals surface area contributed by atoms with Gasteiger partial charge in [-0.1, -0.05) is 6.07 Å². The molecule has 0 heterocycles. The highest BCUT2D eigenvalue weighted by Crippen LogP contribution is 2.07. The molecule has 0 spiro atoms. The Bertz CT molecular complexity index is 525. The molecule has 1 rings (SSSR count). The Morgan fingerprint density at radius 3 is 2.74 bits per heavy atom. The molecule has 0 saturated carbocycles. The zero-order valence-corrected chi connectivity index (χ0v) is 10.4. The lowest BCUT2D eigenvalue weighted by atomic mass is 10.0. The molecule has 1 aromatic rings. The van der Waals surface area contributed by atoms with E-state index in [1.807, 2.05) is 6.07 Å². The Labute approximate surface area is 110 Å². The van der Waals surface area contributed by atoms with Gasteiger partial charge >= 0.3 is 0 Å². The first-order chi connectivity index (χ1) is 8.93. The summed E-state index contributed by atoms with van der Waals surface area (Å²) in [5, 5.41) is 11.1. The molecule has 2 amide bonds. The number of nitrogens with one attached hydrogen (secondary N) is 1. The number of nitrogens with zero attached hydrogens (tertiary/aromatic N) is 1. The molecule has 2 atom stereocenters. The van der Waals surface area contributed by atoms with Crippen molar-refractivity contribution in [3.63, 3.8) is 0 Å². The molecule has 100 valence electrons. The van der Waals surface area contributed by atoms with Crippen LogP contribution >= 0.6 is 0 Å². The van der Waals surface area contributed by atoms with Gasteiger partial charge in [-0.05, 0) is 31.5 Å². The number of hydrogen-bond acceptors (Lipinski definition) is 3. The summed E-state index contributed by atoms with van der Waals surface area (Å²) in [6, 6.07) is 6.08. The first-order valence-corrected chi connectivity index (χ1v) is 5.69. The van der Waals surface area contributed by atoms with E-state index in [-0.39, 0.29) is 12.0 Å². The molecule has 0 aliphatic carbocycles. The summed E-state index contributed by atoms with van der Waals surface area (Å²) in [7, 11) is 0. The van der Waals surface area contributed by atoms with Crippen molar-refractivity contribution in [3.05, 3.63) is 35.6 Å². The van der Waals surface area contributed by atoms with Crippen LogP contribution < -0.4 is 11.1 Å². The lowest BCUT2D eigenvalue weighted by Crippen LogP contribution is -2.45. The van der Waals surface area contributed by atoms with E-state index in [2.05, 4.69) is 5.32 Å². The maximum atomic E-state index is 13.0. The summed E-state index contributed by atoms with van der Waals surface area (Å²) in [4.78, 5) is 23.0. The Kier molecular flexibility index (Phi) is 5.01. The van der Waals surface area contributed by atoms with Gasteiger partial charge in [0.1, 0.15) is 11.9 Å². The monoisotopic (exact) mass is 263 g/mol. The van der Waals surface area contributed by atoms with Crippen LogP contribution in [0.1, 0.15) is 23.7 Å². The second-order valence-electron chi connectivity index (χ2n) is 4.20. The average molecular weight is 263 g/mol. The van der Waals surface area contributed by atoms with Gasteiger partial charge in [0.05, 0.1) is 6.07 Å². The van der Waals surface area contributed by atoms with Crippen LogP contribution in [0.4, 0.5) is 4.39 Å². The van der Waals surface area contributed by atoms with Crippen molar-refractivity contribution in [2.24, 2.45) is 11.7 Å². The van der Waals surface area contributed by atoms with Crippen LogP contribution in [0.15, 0.2) is 24.3 Å². The minimum Gasteiger partial charge on any atom is -0.368 e. The van der Waals surface area contributed by atoms with Crippen molar-refractivity contribution in [1.29, 1.82) is 5.26 Å².